The van der Waals surface area contributed by atoms with E-state index in [0.717, 1.165) is 4.90 Å². The molecule has 0 aliphatic rings. The summed E-state index contributed by atoms with van der Waals surface area (Å²) in [4.78, 5) is 35.6. The maximum atomic E-state index is 12.1. The van der Waals surface area contributed by atoms with Crippen molar-refractivity contribution in [3.63, 3.8) is 0 Å². The van der Waals surface area contributed by atoms with Crippen molar-refractivity contribution >= 4 is 18.0 Å². The van der Waals surface area contributed by atoms with Gasteiger partial charge in [0.2, 0.25) is 5.91 Å². The summed E-state index contributed by atoms with van der Waals surface area (Å²) in [5, 5.41) is 8.67. The fourth-order valence-electron chi connectivity index (χ4n) is 1.50. The standard InChI is InChI=1S/C13H25N3O5/c1-13(2,3)21-12(20)16(7-5-4-6-14)11(19)9(15)8-10(17)18/h9H,4-8,14-15H2,1-3H3,(H,17,18). The maximum absolute atomic E-state index is 12.1. The zero-order valence-electron chi connectivity index (χ0n) is 12.8. The second-order valence-corrected chi connectivity index (χ2v) is 5.67. The van der Waals surface area contributed by atoms with Gasteiger partial charge in [0.05, 0.1) is 12.5 Å². The minimum atomic E-state index is -1.28. The van der Waals surface area contributed by atoms with Gasteiger partial charge in [-0.2, -0.15) is 0 Å². The molecule has 122 valence electrons. The molecule has 0 saturated carbocycles. The molecule has 0 aromatic heterocycles. The van der Waals surface area contributed by atoms with E-state index in [1.165, 1.54) is 0 Å². The minimum absolute atomic E-state index is 0.0955. The number of amides is 2. The SMILES string of the molecule is CC(C)(C)OC(=O)N(CCCCN)C(=O)C(N)CC(=O)O. The van der Waals surface area contributed by atoms with Crippen molar-refractivity contribution in [2.75, 3.05) is 13.1 Å². The highest BCUT2D eigenvalue weighted by Gasteiger charge is 2.31. The summed E-state index contributed by atoms with van der Waals surface area (Å²) in [6.45, 7) is 5.54. The van der Waals surface area contributed by atoms with Crippen LogP contribution in [0.2, 0.25) is 0 Å². The molecule has 0 aromatic rings. The lowest BCUT2D eigenvalue weighted by Gasteiger charge is -2.27. The quantitative estimate of drug-likeness (QED) is 0.575. The summed E-state index contributed by atoms with van der Waals surface area (Å²) < 4.78 is 5.14. The second-order valence-electron chi connectivity index (χ2n) is 5.67. The number of carbonyl (C=O) groups excluding carboxylic acids is 2. The average Bonchev–Trinajstić information content (AvgIpc) is 2.30. The van der Waals surface area contributed by atoms with Gasteiger partial charge in [-0.15, -0.1) is 0 Å². The Balaban J connectivity index is 4.90. The number of carboxylic acids is 1. The number of hydrogen-bond acceptors (Lipinski definition) is 6. The Hall–Kier alpha value is -1.67. The number of carbonyl (C=O) groups is 3. The average molecular weight is 303 g/mol. The van der Waals surface area contributed by atoms with Crippen LogP contribution in [0.5, 0.6) is 0 Å². The van der Waals surface area contributed by atoms with Gasteiger partial charge >= 0.3 is 12.1 Å². The van der Waals surface area contributed by atoms with E-state index >= 15 is 0 Å². The van der Waals surface area contributed by atoms with Crippen LogP contribution in [0.4, 0.5) is 4.79 Å². The first-order chi connectivity index (χ1) is 9.58. The van der Waals surface area contributed by atoms with E-state index in [1.807, 2.05) is 0 Å². The Kier molecular flexibility index (Phi) is 7.90. The number of ether oxygens (including phenoxy) is 1. The second kappa shape index (κ2) is 8.58. The van der Waals surface area contributed by atoms with E-state index in [-0.39, 0.29) is 6.54 Å². The van der Waals surface area contributed by atoms with Crippen molar-refractivity contribution in [1.82, 2.24) is 4.90 Å². The molecule has 0 fully saturated rings. The lowest BCUT2D eigenvalue weighted by atomic mass is 10.2. The van der Waals surface area contributed by atoms with Crippen LogP contribution in [-0.4, -0.2) is 52.7 Å². The van der Waals surface area contributed by atoms with E-state index in [4.69, 9.17) is 21.3 Å². The summed E-state index contributed by atoms with van der Waals surface area (Å²) >= 11 is 0. The lowest BCUT2D eigenvalue weighted by Crippen LogP contribution is -2.49. The predicted molar refractivity (Wildman–Crippen MR) is 76.5 cm³/mol. The van der Waals surface area contributed by atoms with Crippen LogP contribution in [-0.2, 0) is 14.3 Å². The molecule has 1 atom stereocenters. The number of nitrogens with two attached hydrogens (primary N) is 2. The van der Waals surface area contributed by atoms with Gasteiger partial charge in [0, 0.05) is 6.54 Å². The molecule has 5 N–H and O–H groups in total. The Labute approximate surface area is 124 Å². The van der Waals surface area contributed by atoms with Crippen LogP contribution in [0.25, 0.3) is 0 Å². The molecule has 1 unspecified atom stereocenters. The van der Waals surface area contributed by atoms with Crippen LogP contribution in [0, 0.1) is 0 Å². The third-order valence-corrected chi connectivity index (χ3v) is 2.43. The zero-order chi connectivity index (χ0) is 16.6. The minimum Gasteiger partial charge on any atom is -0.481 e. The molecule has 0 heterocycles. The normalized spacial score (nSPS) is 12.6. The maximum Gasteiger partial charge on any atom is 0.417 e. The van der Waals surface area contributed by atoms with E-state index < -0.39 is 36.0 Å². The first kappa shape index (κ1) is 19.3. The topological polar surface area (TPSA) is 136 Å². The van der Waals surface area contributed by atoms with Crippen molar-refractivity contribution in [2.24, 2.45) is 11.5 Å². The fourth-order valence-corrected chi connectivity index (χ4v) is 1.50. The highest BCUT2D eigenvalue weighted by atomic mass is 16.6. The van der Waals surface area contributed by atoms with Gasteiger partial charge < -0.3 is 21.3 Å². The summed E-state index contributed by atoms with van der Waals surface area (Å²) in [5.74, 6) is -1.97. The largest absolute Gasteiger partial charge is 0.481 e. The highest BCUT2D eigenvalue weighted by Crippen LogP contribution is 2.12. The highest BCUT2D eigenvalue weighted by molar-refractivity contribution is 5.96. The predicted octanol–water partition coefficient (Wildman–Crippen LogP) is 0.291. The molecule has 0 aromatic carbocycles. The van der Waals surface area contributed by atoms with Crippen LogP contribution >= 0.6 is 0 Å². The smallest absolute Gasteiger partial charge is 0.417 e. The molecule has 0 spiro atoms. The number of nitrogens with zero attached hydrogens (tertiary/aromatic N) is 1. The lowest BCUT2D eigenvalue weighted by molar-refractivity contribution is -0.141. The Morgan fingerprint density at radius 1 is 1.24 bits per heavy atom. The first-order valence-electron chi connectivity index (χ1n) is 6.80. The Morgan fingerprint density at radius 3 is 2.24 bits per heavy atom. The molecule has 8 heteroatoms. The van der Waals surface area contributed by atoms with Crippen LogP contribution < -0.4 is 11.5 Å². The summed E-state index contributed by atoms with van der Waals surface area (Å²) in [7, 11) is 0. The van der Waals surface area contributed by atoms with Crippen molar-refractivity contribution < 1.29 is 24.2 Å². The third kappa shape index (κ3) is 8.26. The van der Waals surface area contributed by atoms with Crippen molar-refractivity contribution in [3.05, 3.63) is 0 Å². The molecule has 21 heavy (non-hydrogen) atoms. The number of aliphatic carboxylic acids is 1. The molecule has 2 amide bonds. The molecule has 0 saturated heterocycles. The zero-order valence-corrected chi connectivity index (χ0v) is 12.8. The molecular formula is C13H25N3O5. The first-order valence-corrected chi connectivity index (χ1v) is 6.80. The van der Waals surface area contributed by atoms with Gasteiger partial charge in [-0.3, -0.25) is 9.59 Å². The van der Waals surface area contributed by atoms with Gasteiger partial charge in [0.25, 0.3) is 0 Å². The summed E-state index contributed by atoms with van der Waals surface area (Å²) in [6.07, 6.45) is -0.248. The molecule has 0 aliphatic heterocycles. The molecule has 0 radical (unpaired) electrons. The molecule has 0 bridgehead atoms. The fraction of sp³-hybridized carbons (Fsp3) is 0.769. The third-order valence-electron chi connectivity index (χ3n) is 2.43. The van der Waals surface area contributed by atoms with Gasteiger partial charge in [0.1, 0.15) is 5.60 Å². The van der Waals surface area contributed by atoms with Crippen molar-refractivity contribution in [1.29, 1.82) is 0 Å². The number of imide groups is 1. The molecule has 0 aliphatic carbocycles. The van der Waals surface area contributed by atoms with Gasteiger partial charge in [-0.25, -0.2) is 9.69 Å². The van der Waals surface area contributed by atoms with Crippen LogP contribution in [0.3, 0.4) is 0 Å². The van der Waals surface area contributed by atoms with Crippen molar-refractivity contribution in [2.45, 2.75) is 51.7 Å². The van der Waals surface area contributed by atoms with Gasteiger partial charge in [-0.1, -0.05) is 0 Å². The summed E-state index contributed by atoms with van der Waals surface area (Å²) in [6, 6.07) is -1.28. The molecule has 0 rings (SSSR count). The number of hydrogen-bond donors (Lipinski definition) is 3. The Bertz CT molecular complexity index is 378. The van der Waals surface area contributed by atoms with Crippen LogP contribution in [0.15, 0.2) is 0 Å². The number of carboxylic acid groups (broad SMARTS) is 1. The van der Waals surface area contributed by atoms with E-state index in [2.05, 4.69) is 0 Å². The van der Waals surface area contributed by atoms with E-state index in [9.17, 15) is 14.4 Å². The van der Waals surface area contributed by atoms with E-state index in [1.54, 1.807) is 20.8 Å². The summed E-state index contributed by atoms with van der Waals surface area (Å²) in [5.41, 5.74) is 10.1. The Morgan fingerprint density at radius 2 is 1.81 bits per heavy atom. The van der Waals surface area contributed by atoms with Crippen molar-refractivity contribution in [3.8, 4) is 0 Å². The molecule has 8 nitrogen and oxygen atoms in total. The molecular weight excluding hydrogens is 278 g/mol. The van der Waals surface area contributed by atoms with Crippen LogP contribution in [0.1, 0.15) is 40.0 Å². The number of unbranched alkanes of at least 4 members (excludes halogenated alkanes) is 1. The van der Waals surface area contributed by atoms with E-state index in [0.29, 0.717) is 19.4 Å². The van der Waals surface area contributed by atoms with Gasteiger partial charge in [-0.05, 0) is 40.2 Å². The van der Waals surface area contributed by atoms with Gasteiger partial charge in [0.15, 0.2) is 0 Å². The number of rotatable bonds is 7. The monoisotopic (exact) mass is 303 g/mol.